The van der Waals surface area contributed by atoms with Gasteiger partial charge in [-0.05, 0) is 0 Å². The van der Waals surface area contributed by atoms with E-state index in [0.29, 0.717) is 11.5 Å². The van der Waals surface area contributed by atoms with Gasteiger partial charge in [-0.2, -0.15) is 0 Å². The molecule has 1 heterocycles. The minimum atomic E-state index is -0.00925. The Balaban J connectivity index is 1.59. The van der Waals surface area contributed by atoms with Gasteiger partial charge in [0, 0.05) is 0 Å². The molecule has 140 valence electrons. The van der Waals surface area contributed by atoms with E-state index in [-0.39, 0.29) is 20.3 Å². The van der Waals surface area contributed by atoms with Gasteiger partial charge in [0.15, 0.2) is 0 Å². The molecule has 4 aromatic rings. The van der Waals surface area contributed by atoms with Crippen LogP contribution in [0.25, 0.3) is 27.5 Å². The Morgan fingerprint density at radius 2 is 1.50 bits per heavy atom. The van der Waals surface area contributed by atoms with Crippen LogP contribution in [0.4, 0.5) is 0 Å². The van der Waals surface area contributed by atoms with Crippen molar-refractivity contribution in [3.63, 3.8) is 0 Å². The van der Waals surface area contributed by atoms with Crippen LogP contribution in [-0.2, 0) is 0 Å². The molecule has 0 saturated heterocycles. The third-order valence-corrected chi connectivity index (χ3v) is 6.83. The number of nitrogens with zero attached hydrogens (tertiary/aromatic N) is 1. The molecule has 0 spiro atoms. The Kier molecular flexibility index (Phi) is 5.20. The monoisotopic (exact) mass is 437 g/mol. The van der Waals surface area contributed by atoms with Crippen molar-refractivity contribution < 1.29 is 9.47 Å². The van der Waals surface area contributed by atoms with Crippen LogP contribution in [0.3, 0.4) is 0 Å². The minimum absolute atomic E-state index is 0.00925. The van der Waals surface area contributed by atoms with E-state index >= 15 is 0 Å². The van der Waals surface area contributed by atoms with E-state index in [2.05, 4.69) is 0 Å². The maximum atomic E-state index is 12.6. The fourth-order valence-electron chi connectivity index (χ4n) is 3.01. The molecule has 0 amide bonds. The van der Waals surface area contributed by atoms with Crippen molar-refractivity contribution in [1.82, 2.24) is 3.56 Å². The average molecular weight is 436 g/mol. The van der Waals surface area contributed by atoms with E-state index in [4.69, 9.17) is 9.47 Å². The van der Waals surface area contributed by atoms with Crippen LogP contribution in [0.2, 0.25) is 0 Å². The Bertz CT molecular complexity index is 1200. The molecule has 0 aliphatic rings. The molecule has 0 aliphatic heterocycles. The predicted octanol–water partition coefficient (Wildman–Crippen LogP) is 4.24. The first-order valence-corrected chi connectivity index (χ1v) is 10.4. The van der Waals surface area contributed by atoms with Gasteiger partial charge < -0.3 is 0 Å². The zero-order valence-electron chi connectivity index (χ0n) is 15.6. The Labute approximate surface area is 169 Å². The third-order valence-electron chi connectivity index (χ3n) is 4.49. The third kappa shape index (κ3) is 3.55. The molecule has 0 fully saturated rings. The van der Waals surface area contributed by atoms with Gasteiger partial charge in [0.05, 0.1) is 7.11 Å². The molecule has 0 saturated carbocycles. The molecule has 0 N–H and O–H groups in total. The second kappa shape index (κ2) is 7.93. The number of rotatable bonds is 5. The first-order valence-electron chi connectivity index (χ1n) is 8.81. The van der Waals surface area contributed by atoms with E-state index in [1.165, 1.54) is 0 Å². The summed E-state index contributed by atoms with van der Waals surface area (Å²) in [6.45, 7) is 0. The van der Waals surface area contributed by atoms with Crippen molar-refractivity contribution in [1.29, 1.82) is 0 Å². The normalized spacial score (nSPS) is 11.2. The van der Waals surface area contributed by atoms with Gasteiger partial charge in [0.2, 0.25) is 0 Å². The average Bonchev–Trinajstić information content (AvgIpc) is 3.09. The van der Waals surface area contributed by atoms with Crippen LogP contribution in [0.1, 0.15) is 11.1 Å². The SMILES string of the molecule is COc1ccc(/C=C/c2ccc(-n3[se]c4ccccc4c3=O)cc2)cc1OC. The zero-order valence-corrected chi connectivity index (χ0v) is 17.3. The summed E-state index contributed by atoms with van der Waals surface area (Å²) < 4.78 is 13.6. The van der Waals surface area contributed by atoms with Crippen molar-refractivity contribution in [3.05, 3.63) is 88.2 Å². The first kappa shape index (κ1) is 18.4. The van der Waals surface area contributed by atoms with Crippen LogP contribution in [0.15, 0.2) is 71.5 Å². The van der Waals surface area contributed by atoms with Crippen molar-refractivity contribution >= 4 is 36.5 Å². The molecular weight excluding hydrogens is 417 g/mol. The number of benzene rings is 3. The fourth-order valence-corrected chi connectivity index (χ4v) is 5.11. The van der Waals surface area contributed by atoms with Crippen LogP contribution >= 0.6 is 0 Å². The summed E-state index contributed by atoms with van der Waals surface area (Å²) in [5.74, 6) is 1.41. The van der Waals surface area contributed by atoms with Gasteiger partial charge in [-0.15, -0.1) is 0 Å². The second-order valence-electron chi connectivity index (χ2n) is 6.23. The van der Waals surface area contributed by atoms with Crippen LogP contribution in [0.5, 0.6) is 11.5 Å². The molecule has 0 radical (unpaired) electrons. The summed E-state index contributed by atoms with van der Waals surface area (Å²) in [4.78, 5) is 12.6. The van der Waals surface area contributed by atoms with Gasteiger partial charge in [-0.3, -0.25) is 0 Å². The maximum absolute atomic E-state index is 12.6. The van der Waals surface area contributed by atoms with Crippen LogP contribution in [-0.4, -0.2) is 32.5 Å². The Morgan fingerprint density at radius 1 is 0.821 bits per heavy atom. The number of ether oxygens (including phenoxy) is 2. The van der Waals surface area contributed by atoms with Crippen LogP contribution in [0, 0.1) is 0 Å². The van der Waals surface area contributed by atoms with Crippen molar-refractivity contribution in [3.8, 4) is 17.2 Å². The van der Waals surface area contributed by atoms with E-state index in [0.717, 1.165) is 26.5 Å². The molecule has 0 atom stereocenters. The van der Waals surface area contributed by atoms with Crippen molar-refractivity contribution in [2.75, 3.05) is 14.2 Å². The van der Waals surface area contributed by atoms with Crippen LogP contribution < -0.4 is 15.0 Å². The summed E-state index contributed by atoms with van der Waals surface area (Å²) in [7, 11) is 3.25. The van der Waals surface area contributed by atoms with Gasteiger partial charge in [-0.25, -0.2) is 0 Å². The second-order valence-corrected chi connectivity index (χ2v) is 8.30. The molecule has 4 nitrogen and oxygen atoms in total. The summed E-state index contributed by atoms with van der Waals surface area (Å²) in [5, 5.41) is 0.819. The molecule has 1 aromatic heterocycles. The molecular formula is C23H19NO3Se. The molecule has 0 bridgehead atoms. The number of hydrogen-bond donors (Lipinski definition) is 0. The van der Waals surface area contributed by atoms with E-state index in [1.54, 1.807) is 14.2 Å². The Hall–Kier alpha value is -3.01. The zero-order chi connectivity index (χ0) is 19.5. The summed E-state index contributed by atoms with van der Waals surface area (Å²) in [6.07, 6.45) is 4.06. The van der Waals surface area contributed by atoms with Gasteiger partial charge in [0.25, 0.3) is 0 Å². The van der Waals surface area contributed by atoms with E-state index in [9.17, 15) is 4.79 Å². The molecule has 5 heteroatoms. The molecule has 28 heavy (non-hydrogen) atoms. The quantitative estimate of drug-likeness (QED) is 0.347. The fraction of sp³-hybridized carbons (Fsp3) is 0.0870. The van der Waals surface area contributed by atoms with Crippen molar-refractivity contribution in [2.45, 2.75) is 0 Å². The molecule has 3 aromatic carbocycles. The topological polar surface area (TPSA) is 40.5 Å². The molecule has 0 unspecified atom stereocenters. The van der Waals surface area contributed by atoms with Gasteiger partial charge in [0.1, 0.15) is 0 Å². The van der Waals surface area contributed by atoms with Gasteiger partial charge >= 0.3 is 162 Å². The summed E-state index contributed by atoms with van der Waals surface area (Å²) in [5.41, 5.74) is 3.11. The Morgan fingerprint density at radius 3 is 2.21 bits per heavy atom. The van der Waals surface area contributed by atoms with Crippen molar-refractivity contribution in [2.24, 2.45) is 0 Å². The molecule has 0 aliphatic carbocycles. The predicted molar refractivity (Wildman–Crippen MR) is 115 cm³/mol. The van der Waals surface area contributed by atoms with E-state index in [1.807, 2.05) is 82.4 Å². The summed E-state index contributed by atoms with van der Waals surface area (Å²) >= 11 is -0.00925. The number of fused-ring (bicyclic) bond motifs is 1. The summed E-state index contributed by atoms with van der Waals surface area (Å²) in [6, 6.07) is 21.7. The molecule has 4 rings (SSSR count). The van der Waals surface area contributed by atoms with Gasteiger partial charge in [-0.1, -0.05) is 0 Å². The number of aromatic nitrogens is 1. The first-order chi connectivity index (χ1) is 13.7. The number of methoxy groups -OCH3 is 2. The standard InChI is InChI=1S/C23H19NO3Se/c1-26-20-14-11-17(15-21(20)27-2)8-7-16-9-12-18(13-10-16)24-23(25)19-5-3-4-6-22(19)28-24/h3-15H,1-2H3/b8-7+. The number of hydrogen-bond acceptors (Lipinski definition) is 3. The van der Waals surface area contributed by atoms with E-state index < -0.39 is 0 Å².